The minimum Gasteiger partial charge on any atom is -0.307 e. The second kappa shape index (κ2) is 5.70. The van der Waals surface area contributed by atoms with Gasteiger partial charge in [0.2, 0.25) is 0 Å². The van der Waals surface area contributed by atoms with Crippen molar-refractivity contribution >= 4 is 0 Å². The highest BCUT2D eigenvalue weighted by Crippen LogP contribution is 2.10. The molecule has 1 unspecified atom stereocenters. The van der Waals surface area contributed by atoms with Crippen molar-refractivity contribution in [2.75, 3.05) is 6.54 Å². The molecule has 1 atom stereocenters. The maximum atomic E-state index is 4.33. The van der Waals surface area contributed by atoms with Gasteiger partial charge in [-0.3, -0.25) is 0 Å². The van der Waals surface area contributed by atoms with Crippen LogP contribution in [0.5, 0.6) is 0 Å². The summed E-state index contributed by atoms with van der Waals surface area (Å²) < 4.78 is 0. The van der Waals surface area contributed by atoms with E-state index in [2.05, 4.69) is 29.1 Å². The molecule has 14 heavy (non-hydrogen) atoms. The van der Waals surface area contributed by atoms with Gasteiger partial charge in [0.05, 0.1) is 6.04 Å². The summed E-state index contributed by atoms with van der Waals surface area (Å²) in [5.41, 5.74) is 1.11. The number of aryl methyl sites for hydroxylation is 1. The summed E-state index contributed by atoms with van der Waals surface area (Å²) >= 11 is 0. The summed E-state index contributed by atoms with van der Waals surface area (Å²) in [4.78, 5) is 8.66. The fraction of sp³-hybridized carbons (Fsp3) is 0.636. The summed E-state index contributed by atoms with van der Waals surface area (Å²) in [5.74, 6) is 0.909. The molecule has 3 heteroatoms. The zero-order valence-corrected chi connectivity index (χ0v) is 9.25. The van der Waals surface area contributed by atoms with E-state index < -0.39 is 0 Å². The molecule has 0 aliphatic carbocycles. The number of aromatic nitrogens is 2. The Balaban J connectivity index is 2.64. The maximum Gasteiger partial charge on any atom is 0.145 e. The molecule has 1 aromatic heterocycles. The summed E-state index contributed by atoms with van der Waals surface area (Å²) in [6, 6.07) is 0.301. The molecule has 0 spiro atoms. The van der Waals surface area contributed by atoms with Crippen LogP contribution in [0, 0.1) is 6.92 Å². The van der Waals surface area contributed by atoms with Crippen LogP contribution in [-0.2, 0) is 0 Å². The van der Waals surface area contributed by atoms with Crippen molar-refractivity contribution in [2.24, 2.45) is 0 Å². The highest BCUT2D eigenvalue weighted by molar-refractivity contribution is 5.04. The van der Waals surface area contributed by atoms with Gasteiger partial charge in [0.15, 0.2) is 0 Å². The quantitative estimate of drug-likeness (QED) is 0.779. The molecule has 0 fully saturated rings. The van der Waals surface area contributed by atoms with Crippen LogP contribution < -0.4 is 5.32 Å². The summed E-state index contributed by atoms with van der Waals surface area (Å²) in [7, 11) is 0. The largest absolute Gasteiger partial charge is 0.307 e. The summed E-state index contributed by atoms with van der Waals surface area (Å²) in [5, 5.41) is 3.43. The lowest BCUT2D eigenvalue weighted by molar-refractivity contribution is 0.494. The normalized spacial score (nSPS) is 12.8. The van der Waals surface area contributed by atoms with Crippen LogP contribution in [0.3, 0.4) is 0 Å². The Morgan fingerprint density at radius 1 is 1.29 bits per heavy atom. The third-order valence-corrected chi connectivity index (χ3v) is 2.16. The van der Waals surface area contributed by atoms with Gasteiger partial charge in [-0.1, -0.05) is 13.8 Å². The summed E-state index contributed by atoms with van der Waals surface area (Å²) in [6.07, 6.45) is 5.92. The van der Waals surface area contributed by atoms with Crippen molar-refractivity contribution < 1.29 is 0 Å². The number of nitrogens with zero attached hydrogens (tertiary/aromatic N) is 2. The third-order valence-electron chi connectivity index (χ3n) is 2.16. The second-order valence-corrected chi connectivity index (χ2v) is 3.53. The van der Waals surface area contributed by atoms with E-state index in [9.17, 15) is 0 Å². The molecule has 0 saturated carbocycles. The Kier molecular flexibility index (Phi) is 4.53. The maximum absolute atomic E-state index is 4.33. The van der Waals surface area contributed by atoms with Gasteiger partial charge >= 0.3 is 0 Å². The number of rotatable bonds is 5. The monoisotopic (exact) mass is 193 g/mol. The summed E-state index contributed by atoms with van der Waals surface area (Å²) in [6.45, 7) is 7.34. The van der Waals surface area contributed by atoms with Crippen molar-refractivity contribution in [2.45, 2.75) is 39.7 Å². The fourth-order valence-electron chi connectivity index (χ4n) is 1.32. The first-order chi connectivity index (χ1) is 6.77. The van der Waals surface area contributed by atoms with Gasteiger partial charge in [0.1, 0.15) is 5.82 Å². The first-order valence-corrected chi connectivity index (χ1v) is 5.29. The molecule has 3 nitrogen and oxygen atoms in total. The van der Waals surface area contributed by atoms with Crippen LogP contribution in [0.4, 0.5) is 0 Å². The van der Waals surface area contributed by atoms with E-state index in [0.717, 1.165) is 30.8 Å². The lowest BCUT2D eigenvalue weighted by atomic mass is 10.2. The highest BCUT2D eigenvalue weighted by atomic mass is 15.0. The van der Waals surface area contributed by atoms with Gasteiger partial charge in [-0.25, -0.2) is 9.97 Å². The van der Waals surface area contributed by atoms with E-state index in [0.29, 0.717) is 6.04 Å². The minimum atomic E-state index is 0.301. The smallest absolute Gasteiger partial charge is 0.145 e. The topological polar surface area (TPSA) is 37.8 Å². The van der Waals surface area contributed by atoms with Crippen LogP contribution in [0.25, 0.3) is 0 Å². The Morgan fingerprint density at radius 2 is 1.93 bits per heavy atom. The lowest BCUT2D eigenvalue weighted by Crippen LogP contribution is -2.23. The van der Waals surface area contributed by atoms with E-state index in [1.165, 1.54) is 0 Å². The second-order valence-electron chi connectivity index (χ2n) is 3.53. The average Bonchev–Trinajstić information content (AvgIpc) is 2.21. The van der Waals surface area contributed by atoms with Crippen molar-refractivity contribution in [1.29, 1.82) is 0 Å². The van der Waals surface area contributed by atoms with Crippen LogP contribution in [0.1, 0.15) is 44.1 Å². The molecule has 1 rings (SSSR count). The fourth-order valence-corrected chi connectivity index (χ4v) is 1.32. The Bertz CT molecular complexity index is 256. The molecule has 0 aliphatic rings. The first kappa shape index (κ1) is 11.1. The minimum absolute atomic E-state index is 0.301. The van der Waals surface area contributed by atoms with E-state index in [4.69, 9.17) is 0 Å². The predicted octanol–water partition coefficient (Wildman–Crippen LogP) is 2.24. The Hall–Kier alpha value is -0.960. The molecule has 0 bridgehead atoms. The Morgan fingerprint density at radius 3 is 2.43 bits per heavy atom. The van der Waals surface area contributed by atoms with Crippen molar-refractivity contribution in [3.8, 4) is 0 Å². The number of hydrogen-bond acceptors (Lipinski definition) is 3. The van der Waals surface area contributed by atoms with Gasteiger partial charge in [0, 0.05) is 12.4 Å². The SMILES string of the molecule is CCCNC(CC)c1ncc(C)cn1. The molecule has 0 radical (unpaired) electrons. The van der Waals surface area contributed by atoms with Crippen LogP contribution in [0.15, 0.2) is 12.4 Å². The van der Waals surface area contributed by atoms with E-state index in [1.54, 1.807) is 0 Å². The molecule has 1 aromatic rings. The first-order valence-electron chi connectivity index (χ1n) is 5.29. The van der Waals surface area contributed by atoms with Crippen molar-refractivity contribution in [3.63, 3.8) is 0 Å². The molecule has 1 N–H and O–H groups in total. The zero-order chi connectivity index (χ0) is 10.4. The highest BCUT2D eigenvalue weighted by Gasteiger charge is 2.09. The van der Waals surface area contributed by atoms with Crippen LogP contribution in [-0.4, -0.2) is 16.5 Å². The van der Waals surface area contributed by atoms with E-state index >= 15 is 0 Å². The van der Waals surface area contributed by atoms with Crippen molar-refractivity contribution in [1.82, 2.24) is 15.3 Å². The lowest BCUT2D eigenvalue weighted by Gasteiger charge is -2.14. The molecule has 0 saturated heterocycles. The molecule has 78 valence electrons. The molecule has 1 heterocycles. The van der Waals surface area contributed by atoms with Gasteiger partial charge in [-0.05, 0) is 31.9 Å². The molecular weight excluding hydrogens is 174 g/mol. The van der Waals surface area contributed by atoms with Crippen LogP contribution in [0.2, 0.25) is 0 Å². The average molecular weight is 193 g/mol. The number of nitrogens with one attached hydrogen (secondary N) is 1. The van der Waals surface area contributed by atoms with Gasteiger partial charge < -0.3 is 5.32 Å². The van der Waals surface area contributed by atoms with Gasteiger partial charge in [-0.2, -0.15) is 0 Å². The number of hydrogen-bond donors (Lipinski definition) is 1. The van der Waals surface area contributed by atoms with Gasteiger partial charge in [-0.15, -0.1) is 0 Å². The van der Waals surface area contributed by atoms with Gasteiger partial charge in [0.25, 0.3) is 0 Å². The predicted molar refractivity (Wildman–Crippen MR) is 58.1 cm³/mol. The Labute approximate surface area is 86.0 Å². The van der Waals surface area contributed by atoms with Crippen LogP contribution >= 0.6 is 0 Å². The molecule has 0 amide bonds. The molecular formula is C11H19N3. The molecule has 0 aromatic carbocycles. The van der Waals surface area contributed by atoms with E-state index in [-0.39, 0.29) is 0 Å². The van der Waals surface area contributed by atoms with E-state index in [1.807, 2.05) is 19.3 Å². The molecule has 0 aliphatic heterocycles. The zero-order valence-electron chi connectivity index (χ0n) is 9.25. The van der Waals surface area contributed by atoms with Crippen molar-refractivity contribution in [3.05, 3.63) is 23.8 Å². The standard InChI is InChI=1S/C11H19N3/c1-4-6-12-10(5-2)11-13-7-9(3)8-14-11/h7-8,10,12H,4-6H2,1-3H3. The third kappa shape index (κ3) is 3.07.